The minimum absolute atomic E-state index is 0.0934. The first kappa shape index (κ1) is 31.0. The van der Waals surface area contributed by atoms with Crippen LogP contribution in [0.2, 0.25) is 0 Å². The van der Waals surface area contributed by atoms with Gasteiger partial charge in [0, 0.05) is 12.8 Å². The predicted molar refractivity (Wildman–Crippen MR) is 130 cm³/mol. The van der Waals surface area contributed by atoms with Crippen molar-refractivity contribution in [2.75, 3.05) is 0 Å². The molecule has 0 saturated carbocycles. The molecule has 13 heteroatoms. The van der Waals surface area contributed by atoms with Gasteiger partial charge < -0.3 is 37.0 Å². The second-order valence-electron chi connectivity index (χ2n) is 8.65. The standard InChI is InChI=1S/C24H34N4O9/c1-3-13(2)20(25)23(35)28-17(12-19(31)32)22(34)27-16(11-14-7-5-4-6-8-14)21(33)26-15(24(36)37)9-10-18(29)30/h4-8,13,15-17,20H,3,9-12,25H2,1-2H3,(H,26,33)(H,27,34)(H,28,35)(H,29,30)(H,31,32)(H,36,37). The maximum Gasteiger partial charge on any atom is 0.326 e. The van der Waals surface area contributed by atoms with Crippen molar-refractivity contribution in [3.8, 4) is 0 Å². The average molecular weight is 523 g/mol. The highest BCUT2D eigenvalue weighted by molar-refractivity contribution is 5.95. The van der Waals surface area contributed by atoms with Gasteiger partial charge in [-0.15, -0.1) is 0 Å². The summed E-state index contributed by atoms with van der Waals surface area (Å²) < 4.78 is 0. The van der Waals surface area contributed by atoms with Crippen molar-refractivity contribution in [2.45, 2.75) is 70.1 Å². The molecule has 0 aromatic heterocycles. The Morgan fingerprint density at radius 1 is 0.811 bits per heavy atom. The number of aliphatic carboxylic acids is 3. The molecule has 1 rings (SSSR count). The number of benzene rings is 1. The molecule has 37 heavy (non-hydrogen) atoms. The highest BCUT2D eigenvalue weighted by Gasteiger charge is 2.32. The molecule has 204 valence electrons. The van der Waals surface area contributed by atoms with Gasteiger partial charge >= 0.3 is 17.9 Å². The second kappa shape index (κ2) is 15.2. The molecule has 0 bridgehead atoms. The summed E-state index contributed by atoms with van der Waals surface area (Å²) in [5, 5.41) is 34.4. The first-order chi connectivity index (χ1) is 17.3. The molecule has 1 aromatic rings. The van der Waals surface area contributed by atoms with E-state index < -0.39 is 79.1 Å². The van der Waals surface area contributed by atoms with Gasteiger partial charge in [-0.2, -0.15) is 0 Å². The summed E-state index contributed by atoms with van der Waals surface area (Å²) in [7, 11) is 0. The van der Waals surface area contributed by atoms with Crippen molar-refractivity contribution in [3.05, 3.63) is 35.9 Å². The number of carbonyl (C=O) groups excluding carboxylic acids is 3. The van der Waals surface area contributed by atoms with E-state index in [0.29, 0.717) is 12.0 Å². The van der Waals surface area contributed by atoms with E-state index in [1.54, 1.807) is 37.3 Å². The van der Waals surface area contributed by atoms with Crippen LogP contribution in [-0.4, -0.2) is 75.1 Å². The molecular formula is C24H34N4O9. The highest BCUT2D eigenvalue weighted by atomic mass is 16.4. The number of amides is 3. The SMILES string of the molecule is CCC(C)C(N)C(=O)NC(CC(=O)O)C(=O)NC(Cc1ccccc1)C(=O)NC(CCC(=O)O)C(=O)O. The van der Waals surface area contributed by atoms with Crippen molar-refractivity contribution in [3.63, 3.8) is 0 Å². The van der Waals surface area contributed by atoms with Crippen LogP contribution in [0.3, 0.4) is 0 Å². The number of nitrogens with two attached hydrogens (primary N) is 1. The fraction of sp³-hybridized carbons (Fsp3) is 0.500. The zero-order valence-corrected chi connectivity index (χ0v) is 20.7. The van der Waals surface area contributed by atoms with Gasteiger partial charge in [-0.1, -0.05) is 50.6 Å². The van der Waals surface area contributed by atoms with Crippen molar-refractivity contribution >= 4 is 35.6 Å². The van der Waals surface area contributed by atoms with Gasteiger partial charge in [0.15, 0.2) is 0 Å². The summed E-state index contributed by atoms with van der Waals surface area (Å²) in [4.78, 5) is 72.2. The molecule has 8 N–H and O–H groups in total. The van der Waals surface area contributed by atoms with E-state index in [4.69, 9.17) is 10.8 Å². The molecular weight excluding hydrogens is 488 g/mol. The molecule has 3 amide bonds. The summed E-state index contributed by atoms with van der Waals surface area (Å²) in [6, 6.07) is 2.95. The number of hydrogen-bond donors (Lipinski definition) is 7. The zero-order chi connectivity index (χ0) is 28.1. The van der Waals surface area contributed by atoms with Crippen LogP contribution in [0.1, 0.15) is 45.1 Å². The van der Waals surface area contributed by atoms with Gasteiger partial charge in [0.05, 0.1) is 12.5 Å². The minimum Gasteiger partial charge on any atom is -0.481 e. The van der Waals surface area contributed by atoms with Gasteiger partial charge in [-0.3, -0.25) is 24.0 Å². The van der Waals surface area contributed by atoms with E-state index in [0.717, 1.165) is 0 Å². The van der Waals surface area contributed by atoms with Crippen molar-refractivity contribution in [1.29, 1.82) is 0 Å². The smallest absolute Gasteiger partial charge is 0.326 e. The third kappa shape index (κ3) is 11.1. The molecule has 0 fully saturated rings. The van der Waals surface area contributed by atoms with Gasteiger partial charge in [-0.25, -0.2) is 4.79 Å². The molecule has 0 aliphatic heterocycles. The molecule has 0 heterocycles. The predicted octanol–water partition coefficient (Wildman–Crippen LogP) is -0.519. The summed E-state index contributed by atoms with van der Waals surface area (Å²) in [6.07, 6.45) is -1.23. The Labute approximate surface area is 213 Å². The first-order valence-electron chi connectivity index (χ1n) is 11.7. The molecule has 0 aliphatic carbocycles. The molecule has 0 aliphatic rings. The van der Waals surface area contributed by atoms with E-state index >= 15 is 0 Å². The number of carbonyl (C=O) groups is 6. The number of nitrogens with one attached hydrogen (secondary N) is 3. The fourth-order valence-corrected chi connectivity index (χ4v) is 3.29. The van der Waals surface area contributed by atoms with Crippen molar-refractivity contribution in [1.82, 2.24) is 16.0 Å². The van der Waals surface area contributed by atoms with E-state index in [-0.39, 0.29) is 12.3 Å². The maximum atomic E-state index is 13.0. The minimum atomic E-state index is -1.56. The lowest BCUT2D eigenvalue weighted by Gasteiger charge is -2.25. The first-order valence-corrected chi connectivity index (χ1v) is 11.7. The Hall–Kier alpha value is -4.00. The normalized spacial score (nSPS) is 14.8. The topological polar surface area (TPSA) is 225 Å². The van der Waals surface area contributed by atoms with Crippen LogP contribution >= 0.6 is 0 Å². The Morgan fingerprint density at radius 3 is 1.86 bits per heavy atom. The van der Waals surface area contributed by atoms with Gasteiger partial charge in [0.25, 0.3) is 0 Å². The monoisotopic (exact) mass is 522 g/mol. The third-order valence-corrected chi connectivity index (χ3v) is 5.75. The summed E-state index contributed by atoms with van der Waals surface area (Å²) in [5.74, 6) is -7.00. The lowest BCUT2D eigenvalue weighted by molar-refractivity contribution is -0.144. The lowest BCUT2D eigenvalue weighted by atomic mass is 9.98. The lowest BCUT2D eigenvalue weighted by Crippen LogP contribution is -2.58. The van der Waals surface area contributed by atoms with Crippen LogP contribution in [0.4, 0.5) is 0 Å². The van der Waals surface area contributed by atoms with Gasteiger partial charge in [-0.05, 0) is 17.9 Å². The average Bonchev–Trinajstić information content (AvgIpc) is 2.84. The van der Waals surface area contributed by atoms with Crippen LogP contribution in [0.25, 0.3) is 0 Å². The van der Waals surface area contributed by atoms with Gasteiger partial charge in [0.2, 0.25) is 17.7 Å². The summed E-state index contributed by atoms with van der Waals surface area (Å²) in [6.45, 7) is 3.53. The molecule has 0 spiro atoms. The quantitative estimate of drug-likeness (QED) is 0.147. The highest BCUT2D eigenvalue weighted by Crippen LogP contribution is 2.08. The van der Waals surface area contributed by atoms with Gasteiger partial charge in [0.1, 0.15) is 18.1 Å². The maximum absolute atomic E-state index is 13.0. The Bertz CT molecular complexity index is 970. The van der Waals surface area contributed by atoms with Crippen LogP contribution in [0.5, 0.6) is 0 Å². The van der Waals surface area contributed by atoms with Crippen molar-refractivity contribution < 1.29 is 44.1 Å². The second-order valence-corrected chi connectivity index (χ2v) is 8.65. The summed E-state index contributed by atoms with van der Waals surface area (Å²) >= 11 is 0. The fourth-order valence-electron chi connectivity index (χ4n) is 3.29. The molecule has 5 atom stereocenters. The van der Waals surface area contributed by atoms with E-state index in [2.05, 4.69) is 16.0 Å². The van der Waals surface area contributed by atoms with E-state index in [9.17, 15) is 39.0 Å². The van der Waals surface area contributed by atoms with E-state index in [1.165, 1.54) is 0 Å². The zero-order valence-electron chi connectivity index (χ0n) is 20.7. The number of carboxylic acids is 3. The van der Waals surface area contributed by atoms with Crippen LogP contribution in [0.15, 0.2) is 30.3 Å². The Morgan fingerprint density at radius 2 is 1.35 bits per heavy atom. The number of hydrogen-bond acceptors (Lipinski definition) is 7. The molecule has 13 nitrogen and oxygen atoms in total. The summed E-state index contributed by atoms with van der Waals surface area (Å²) in [5.41, 5.74) is 6.48. The Balaban J connectivity index is 3.14. The van der Waals surface area contributed by atoms with Crippen molar-refractivity contribution in [2.24, 2.45) is 11.7 Å². The Kier molecular flexibility index (Phi) is 12.7. The number of carboxylic acid groups (broad SMARTS) is 3. The third-order valence-electron chi connectivity index (χ3n) is 5.75. The van der Waals surface area contributed by atoms with Crippen LogP contribution in [0, 0.1) is 5.92 Å². The largest absolute Gasteiger partial charge is 0.481 e. The van der Waals surface area contributed by atoms with Crippen LogP contribution < -0.4 is 21.7 Å². The van der Waals surface area contributed by atoms with Crippen LogP contribution in [-0.2, 0) is 35.2 Å². The molecule has 1 aromatic carbocycles. The number of rotatable bonds is 16. The molecule has 0 radical (unpaired) electrons. The molecule has 0 saturated heterocycles. The van der Waals surface area contributed by atoms with E-state index in [1.807, 2.05) is 6.92 Å². The molecule has 5 unspecified atom stereocenters.